The predicted molar refractivity (Wildman–Crippen MR) is 99.0 cm³/mol. The number of carbonyl (C=O) groups excluding carboxylic acids is 1. The first-order chi connectivity index (χ1) is 13.2. The molecule has 0 spiro atoms. The van der Waals surface area contributed by atoms with Gasteiger partial charge in [-0.2, -0.15) is 0 Å². The van der Waals surface area contributed by atoms with Crippen LogP contribution in [0.5, 0.6) is 0 Å². The molecule has 3 heterocycles. The van der Waals surface area contributed by atoms with Gasteiger partial charge in [-0.15, -0.1) is 10.2 Å². The second-order valence-electron chi connectivity index (χ2n) is 6.48. The molecule has 1 saturated heterocycles. The van der Waals surface area contributed by atoms with E-state index in [1.807, 2.05) is 47.2 Å². The molecule has 1 aliphatic heterocycles. The third-order valence-electron chi connectivity index (χ3n) is 4.49. The number of likely N-dealkylation sites (tertiary alicyclic amines) is 1. The molecule has 0 bridgehead atoms. The molecule has 8 nitrogen and oxygen atoms in total. The first-order valence-corrected chi connectivity index (χ1v) is 8.91. The zero-order chi connectivity index (χ0) is 18.6. The van der Waals surface area contributed by atoms with Crippen LogP contribution >= 0.6 is 0 Å². The van der Waals surface area contributed by atoms with E-state index < -0.39 is 0 Å². The van der Waals surface area contributed by atoms with E-state index in [0.29, 0.717) is 29.8 Å². The van der Waals surface area contributed by atoms with Crippen molar-refractivity contribution in [1.82, 2.24) is 25.1 Å². The van der Waals surface area contributed by atoms with Crippen molar-refractivity contribution < 1.29 is 9.21 Å². The minimum Gasteiger partial charge on any atom is -0.419 e. The molecule has 8 heteroatoms. The van der Waals surface area contributed by atoms with Crippen molar-refractivity contribution in [2.75, 3.05) is 25.0 Å². The molecule has 138 valence electrons. The maximum atomic E-state index is 12.5. The van der Waals surface area contributed by atoms with Crippen LogP contribution in [0.15, 0.2) is 47.1 Å². The summed E-state index contributed by atoms with van der Waals surface area (Å²) in [4.78, 5) is 24.8. The van der Waals surface area contributed by atoms with Crippen molar-refractivity contribution in [2.45, 2.75) is 19.4 Å². The molecule has 0 aliphatic carbocycles. The maximum Gasteiger partial charge on any atom is 0.274 e. The Hall–Kier alpha value is -3.29. The van der Waals surface area contributed by atoms with Crippen molar-refractivity contribution in [1.29, 1.82) is 0 Å². The maximum absolute atomic E-state index is 12.5. The fraction of sp³-hybridized carbons (Fsp3) is 0.316. The van der Waals surface area contributed by atoms with E-state index >= 15 is 0 Å². The minimum absolute atomic E-state index is 0.0700. The Balaban J connectivity index is 1.47. The number of amides is 1. The highest BCUT2D eigenvalue weighted by atomic mass is 16.4. The van der Waals surface area contributed by atoms with Crippen molar-refractivity contribution >= 4 is 11.7 Å². The molecular formula is C19H20N6O2. The Labute approximate surface area is 156 Å². The SMILES string of the molecule is CN(Cc1nnc(-c2ccccc2)o1)c1cncc(C(=O)N2CCCC2)n1. The quantitative estimate of drug-likeness (QED) is 0.687. The van der Waals surface area contributed by atoms with E-state index in [4.69, 9.17) is 4.42 Å². The highest BCUT2D eigenvalue weighted by molar-refractivity contribution is 5.92. The Kier molecular flexibility index (Phi) is 4.78. The summed E-state index contributed by atoms with van der Waals surface area (Å²) in [7, 11) is 1.85. The van der Waals surface area contributed by atoms with Crippen LogP contribution in [-0.2, 0) is 6.54 Å². The van der Waals surface area contributed by atoms with Crippen LogP contribution in [0.1, 0.15) is 29.2 Å². The summed E-state index contributed by atoms with van der Waals surface area (Å²) in [6.45, 7) is 1.94. The lowest BCUT2D eigenvalue weighted by molar-refractivity contribution is 0.0786. The number of hydrogen-bond acceptors (Lipinski definition) is 7. The summed E-state index contributed by atoms with van der Waals surface area (Å²) in [5.74, 6) is 1.45. The van der Waals surface area contributed by atoms with Crippen LogP contribution in [-0.4, -0.2) is 51.1 Å². The van der Waals surface area contributed by atoms with Gasteiger partial charge in [-0.3, -0.25) is 9.78 Å². The van der Waals surface area contributed by atoms with E-state index in [1.165, 1.54) is 6.20 Å². The molecule has 2 aromatic heterocycles. The van der Waals surface area contributed by atoms with Crippen molar-refractivity contribution in [3.8, 4) is 11.5 Å². The molecule has 0 N–H and O–H groups in total. The van der Waals surface area contributed by atoms with E-state index in [-0.39, 0.29) is 5.91 Å². The lowest BCUT2D eigenvalue weighted by Gasteiger charge is -2.18. The molecule has 4 rings (SSSR count). The second kappa shape index (κ2) is 7.53. The van der Waals surface area contributed by atoms with Crippen LogP contribution in [0.3, 0.4) is 0 Å². The molecule has 3 aromatic rings. The number of nitrogens with zero attached hydrogens (tertiary/aromatic N) is 6. The van der Waals surface area contributed by atoms with Gasteiger partial charge in [-0.05, 0) is 25.0 Å². The molecule has 1 amide bonds. The molecule has 0 saturated carbocycles. The molecule has 0 radical (unpaired) electrons. The van der Waals surface area contributed by atoms with Crippen LogP contribution in [0.25, 0.3) is 11.5 Å². The number of benzene rings is 1. The first kappa shape index (κ1) is 17.1. The fourth-order valence-electron chi connectivity index (χ4n) is 3.02. The Morgan fingerprint density at radius 1 is 1.15 bits per heavy atom. The van der Waals surface area contributed by atoms with E-state index in [0.717, 1.165) is 31.5 Å². The Bertz CT molecular complexity index is 921. The van der Waals surface area contributed by atoms with Crippen LogP contribution < -0.4 is 4.90 Å². The summed E-state index contributed by atoms with van der Waals surface area (Å²) in [6.07, 6.45) is 5.22. The summed E-state index contributed by atoms with van der Waals surface area (Å²) < 4.78 is 5.73. The van der Waals surface area contributed by atoms with Crippen molar-refractivity contribution in [3.05, 3.63) is 54.3 Å². The third-order valence-corrected chi connectivity index (χ3v) is 4.49. The zero-order valence-electron chi connectivity index (χ0n) is 15.1. The normalized spacial score (nSPS) is 13.7. The molecule has 0 unspecified atom stereocenters. The monoisotopic (exact) mass is 364 g/mol. The topological polar surface area (TPSA) is 88.2 Å². The lowest BCUT2D eigenvalue weighted by Crippen LogP contribution is -2.29. The van der Waals surface area contributed by atoms with Gasteiger partial charge >= 0.3 is 0 Å². The largest absolute Gasteiger partial charge is 0.419 e. The summed E-state index contributed by atoms with van der Waals surface area (Å²) in [5.41, 5.74) is 1.23. The summed E-state index contributed by atoms with van der Waals surface area (Å²) >= 11 is 0. The highest BCUT2D eigenvalue weighted by Gasteiger charge is 2.21. The highest BCUT2D eigenvalue weighted by Crippen LogP contribution is 2.19. The average Bonchev–Trinajstić information content (AvgIpc) is 3.40. The Morgan fingerprint density at radius 2 is 1.93 bits per heavy atom. The van der Waals surface area contributed by atoms with Crippen LogP contribution in [0.4, 0.5) is 5.82 Å². The zero-order valence-corrected chi connectivity index (χ0v) is 15.1. The minimum atomic E-state index is -0.0700. The lowest BCUT2D eigenvalue weighted by atomic mass is 10.2. The van der Waals surface area contributed by atoms with Gasteiger partial charge in [0.25, 0.3) is 5.91 Å². The van der Waals surface area contributed by atoms with Gasteiger partial charge in [-0.25, -0.2) is 4.98 Å². The number of aromatic nitrogens is 4. The van der Waals surface area contributed by atoms with Crippen LogP contribution in [0, 0.1) is 0 Å². The van der Waals surface area contributed by atoms with E-state index in [1.54, 1.807) is 6.20 Å². The number of rotatable bonds is 5. The van der Waals surface area contributed by atoms with E-state index in [9.17, 15) is 4.79 Å². The molecule has 1 fully saturated rings. The van der Waals surface area contributed by atoms with E-state index in [2.05, 4.69) is 20.2 Å². The average molecular weight is 364 g/mol. The van der Waals surface area contributed by atoms with Gasteiger partial charge in [0.1, 0.15) is 11.5 Å². The van der Waals surface area contributed by atoms with Gasteiger partial charge in [0.2, 0.25) is 11.8 Å². The molecular weight excluding hydrogens is 344 g/mol. The van der Waals surface area contributed by atoms with Crippen molar-refractivity contribution in [3.63, 3.8) is 0 Å². The first-order valence-electron chi connectivity index (χ1n) is 8.91. The number of carbonyl (C=O) groups is 1. The predicted octanol–water partition coefficient (Wildman–Crippen LogP) is 2.40. The number of anilines is 1. The van der Waals surface area contributed by atoms with Gasteiger partial charge in [0, 0.05) is 25.7 Å². The van der Waals surface area contributed by atoms with Gasteiger partial charge in [-0.1, -0.05) is 18.2 Å². The summed E-state index contributed by atoms with van der Waals surface area (Å²) in [5, 5.41) is 8.19. The fourth-order valence-corrected chi connectivity index (χ4v) is 3.02. The smallest absolute Gasteiger partial charge is 0.274 e. The molecule has 27 heavy (non-hydrogen) atoms. The standard InChI is InChI=1S/C19H20N6O2/c1-24(13-17-22-23-18(27-17)14-7-3-2-4-8-14)16-12-20-11-15(21-16)19(26)25-9-5-6-10-25/h2-4,7-8,11-12H,5-6,9-10,13H2,1H3. The number of hydrogen-bond donors (Lipinski definition) is 0. The second-order valence-corrected chi connectivity index (χ2v) is 6.48. The van der Waals surface area contributed by atoms with Crippen LogP contribution in [0.2, 0.25) is 0 Å². The molecule has 1 aromatic carbocycles. The third kappa shape index (κ3) is 3.79. The van der Waals surface area contributed by atoms with Gasteiger partial charge < -0.3 is 14.2 Å². The molecule has 1 aliphatic rings. The van der Waals surface area contributed by atoms with Gasteiger partial charge in [0.15, 0.2) is 0 Å². The molecule has 0 atom stereocenters. The van der Waals surface area contributed by atoms with Crippen molar-refractivity contribution in [2.24, 2.45) is 0 Å². The van der Waals surface area contributed by atoms with Gasteiger partial charge in [0.05, 0.1) is 18.9 Å². The summed E-state index contributed by atoms with van der Waals surface area (Å²) in [6, 6.07) is 9.61. The Morgan fingerprint density at radius 3 is 2.70 bits per heavy atom.